The number of halogens is 1. The second-order valence-corrected chi connectivity index (χ2v) is 9.00. The molecule has 0 spiro atoms. The van der Waals surface area contributed by atoms with Crippen LogP contribution >= 0.6 is 23.8 Å². The highest BCUT2D eigenvalue weighted by atomic mass is 35.5. The van der Waals surface area contributed by atoms with Gasteiger partial charge in [-0.05, 0) is 67.4 Å². The van der Waals surface area contributed by atoms with Crippen LogP contribution in [-0.4, -0.2) is 29.0 Å². The lowest BCUT2D eigenvalue weighted by molar-refractivity contribution is -0.384. The molecule has 2 aromatic carbocycles. The number of hydrogen-bond acceptors (Lipinski definition) is 6. The number of hydrogen-bond donors (Lipinski definition) is 2. The third-order valence-electron chi connectivity index (χ3n) is 5.75. The Hall–Kier alpha value is -3.43. The first-order valence-electron chi connectivity index (χ1n) is 10.8. The molecule has 1 aliphatic heterocycles. The Morgan fingerprint density at radius 2 is 1.91 bits per heavy atom. The maximum Gasteiger partial charge on any atom is 0.293 e. The first-order valence-corrected chi connectivity index (χ1v) is 11.6. The van der Waals surface area contributed by atoms with Crippen molar-refractivity contribution in [1.29, 1.82) is 0 Å². The molecule has 0 aliphatic carbocycles. The Balaban J connectivity index is 1.39. The van der Waals surface area contributed by atoms with Crippen molar-refractivity contribution in [3.63, 3.8) is 0 Å². The van der Waals surface area contributed by atoms with Crippen molar-refractivity contribution in [3.05, 3.63) is 75.5 Å². The van der Waals surface area contributed by atoms with E-state index in [0.717, 1.165) is 37.5 Å². The summed E-state index contributed by atoms with van der Waals surface area (Å²) in [6.07, 6.45) is 2.27. The SMILES string of the molecule is CC1CCN(c2ccc(NC(=S)NC(=O)c3ccc(-c4ccccc4[N+](=O)[O-])o3)cc2Cl)CC1. The normalized spacial score (nSPS) is 14.0. The molecule has 10 heteroatoms. The van der Waals surface area contributed by atoms with Gasteiger partial charge in [-0.2, -0.15) is 0 Å². The number of piperidine rings is 1. The van der Waals surface area contributed by atoms with E-state index in [9.17, 15) is 14.9 Å². The number of benzene rings is 2. The highest BCUT2D eigenvalue weighted by Gasteiger charge is 2.21. The number of carbonyl (C=O) groups excluding carboxylic acids is 1. The van der Waals surface area contributed by atoms with E-state index in [0.29, 0.717) is 10.7 Å². The molecule has 0 atom stereocenters. The van der Waals surface area contributed by atoms with E-state index in [1.54, 1.807) is 24.3 Å². The quantitative estimate of drug-likeness (QED) is 0.257. The van der Waals surface area contributed by atoms with Gasteiger partial charge in [0.2, 0.25) is 0 Å². The summed E-state index contributed by atoms with van der Waals surface area (Å²) in [5, 5.41) is 17.4. The van der Waals surface area contributed by atoms with E-state index in [1.165, 1.54) is 18.2 Å². The van der Waals surface area contributed by atoms with E-state index in [1.807, 2.05) is 12.1 Å². The topological polar surface area (TPSA) is 101 Å². The fraction of sp³-hybridized carbons (Fsp3) is 0.250. The molecule has 8 nitrogen and oxygen atoms in total. The number of amides is 1. The van der Waals surface area contributed by atoms with E-state index in [-0.39, 0.29) is 27.9 Å². The summed E-state index contributed by atoms with van der Waals surface area (Å²) in [7, 11) is 0. The molecule has 4 rings (SSSR count). The number of carbonyl (C=O) groups is 1. The number of nitro benzene ring substituents is 1. The maximum atomic E-state index is 12.6. The molecule has 2 heterocycles. The first-order chi connectivity index (χ1) is 16.3. The van der Waals surface area contributed by atoms with Gasteiger partial charge in [-0.15, -0.1) is 0 Å². The van der Waals surface area contributed by atoms with Gasteiger partial charge < -0.3 is 14.6 Å². The van der Waals surface area contributed by atoms with Gasteiger partial charge in [0.25, 0.3) is 11.6 Å². The van der Waals surface area contributed by atoms with Gasteiger partial charge in [0.15, 0.2) is 10.9 Å². The highest BCUT2D eigenvalue weighted by molar-refractivity contribution is 7.80. The second kappa shape index (κ2) is 10.2. The molecule has 1 aliphatic rings. The van der Waals surface area contributed by atoms with Crippen molar-refractivity contribution in [1.82, 2.24) is 5.32 Å². The maximum absolute atomic E-state index is 12.6. The van der Waals surface area contributed by atoms with Crippen LogP contribution in [0.3, 0.4) is 0 Å². The van der Waals surface area contributed by atoms with Crippen molar-refractivity contribution >= 4 is 51.9 Å². The Bertz CT molecular complexity index is 1240. The summed E-state index contributed by atoms with van der Waals surface area (Å²) in [5.41, 5.74) is 1.79. The third-order valence-corrected chi connectivity index (χ3v) is 6.26. The predicted molar refractivity (Wildman–Crippen MR) is 137 cm³/mol. The van der Waals surface area contributed by atoms with Gasteiger partial charge in [-0.1, -0.05) is 30.7 Å². The lowest BCUT2D eigenvalue weighted by atomic mass is 9.99. The summed E-state index contributed by atoms with van der Waals surface area (Å²) in [6.45, 7) is 4.20. The number of furan rings is 1. The summed E-state index contributed by atoms with van der Waals surface area (Å²) in [6, 6.07) is 14.7. The molecule has 34 heavy (non-hydrogen) atoms. The monoisotopic (exact) mass is 498 g/mol. The van der Waals surface area contributed by atoms with Gasteiger partial charge >= 0.3 is 0 Å². The summed E-state index contributed by atoms with van der Waals surface area (Å²) < 4.78 is 5.55. The smallest absolute Gasteiger partial charge is 0.293 e. The number of nitro groups is 1. The van der Waals surface area contributed by atoms with Crippen LogP contribution < -0.4 is 15.5 Å². The molecular weight excluding hydrogens is 476 g/mol. The van der Waals surface area contributed by atoms with Crippen LogP contribution in [0.15, 0.2) is 59.0 Å². The average Bonchev–Trinajstić information content (AvgIpc) is 3.30. The average molecular weight is 499 g/mol. The number of rotatable bonds is 5. The predicted octanol–water partition coefficient (Wildman–Crippen LogP) is 5.87. The van der Waals surface area contributed by atoms with E-state index >= 15 is 0 Å². The lowest BCUT2D eigenvalue weighted by Crippen LogP contribution is -2.34. The number of anilines is 2. The molecule has 2 N–H and O–H groups in total. The fourth-order valence-electron chi connectivity index (χ4n) is 3.86. The number of thiocarbonyl (C=S) groups is 1. The number of para-hydroxylation sites is 1. The van der Waals surface area contributed by atoms with Crippen molar-refractivity contribution in [2.24, 2.45) is 5.92 Å². The van der Waals surface area contributed by atoms with Crippen molar-refractivity contribution in [2.75, 3.05) is 23.3 Å². The molecule has 0 saturated carbocycles. The van der Waals surface area contributed by atoms with E-state index in [2.05, 4.69) is 22.5 Å². The minimum atomic E-state index is -0.576. The third kappa shape index (κ3) is 5.37. The summed E-state index contributed by atoms with van der Waals surface area (Å²) in [4.78, 5) is 25.6. The van der Waals surface area contributed by atoms with Gasteiger partial charge in [-0.3, -0.25) is 20.2 Å². The molecule has 1 aromatic heterocycles. The van der Waals surface area contributed by atoms with Crippen LogP contribution in [0.5, 0.6) is 0 Å². The lowest BCUT2D eigenvalue weighted by Gasteiger charge is -2.32. The second-order valence-electron chi connectivity index (χ2n) is 8.18. The Morgan fingerprint density at radius 1 is 1.18 bits per heavy atom. The molecule has 176 valence electrons. The molecule has 1 saturated heterocycles. The van der Waals surface area contributed by atoms with Crippen molar-refractivity contribution in [2.45, 2.75) is 19.8 Å². The van der Waals surface area contributed by atoms with Gasteiger partial charge in [0.1, 0.15) is 5.76 Å². The molecule has 0 bridgehead atoms. The molecule has 1 fully saturated rings. The molecular formula is C24H23ClN4O4S. The highest BCUT2D eigenvalue weighted by Crippen LogP contribution is 2.32. The zero-order valence-corrected chi connectivity index (χ0v) is 20.0. The van der Waals surface area contributed by atoms with Crippen LogP contribution in [-0.2, 0) is 0 Å². The Labute approximate surface area is 207 Å². The van der Waals surface area contributed by atoms with Crippen molar-refractivity contribution in [3.8, 4) is 11.3 Å². The Morgan fingerprint density at radius 3 is 2.62 bits per heavy atom. The van der Waals surface area contributed by atoms with Crippen LogP contribution in [0.2, 0.25) is 5.02 Å². The van der Waals surface area contributed by atoms with Crippen LogP contribution in [0.1, 0.15) is 30.3 Å². The molecule has 1 amide bonds. The van der Waals surface area contributed by atoms with E-state index < -0.39 is 10.8 Å². The number of nitrogens with one attached hydrogen (secondary N) is 2. The standard InChI is InChI=1S/C24H23ClN4O4S/c1-15-10-12-28(13-11-15)20-7-6-16(14-18(20)25)26-24(34)27-23(30)22-9-8-21(33-22)17-4-2-3-5-19(17)29(31)32/h2-9,14-15H,10-13H2,1H3,(H2,26,27,30,34). The fourth-order valence-corrected chi connectivity index (χ4v) is 4.37. The molecule has 3 aromatic rings. The Kier molecular flexibility index (Phi) is 7.14. The zero-order valence-electron chi connectivity index (χ0n) is 18.4. The first kappa shape index (κ1) is 23.7. The summed E-state index contributed by atoms with van der Waals surface area (Å²) in [5.74, 6) is 0.341. The van der Waals surface area contributed by atoms with Crippen LogP contribution in [0.25, 0.3) is 11.3 Å². The molecule has 0 unspecified atom stereocenters. The van der Waals surface area contributed by atoms with Gasteiger partial charge in [0.05, 0.1) is 21.2 Å². The minimum Gasteiger partial charge on any atom is -0.451 e. The van der Waals surface area contributed by atoms with Gasteiger partial charge in [-0.25, -0.2) is 0 Å². The largest absolute Gasteiger partial charge is 0.451 e. The zero-order chi connectivity index (χ0) is 24.2. The van der Waals surface area contributed by atoms with Crippen LogP contribution in [0.4, 0.5) is 17.1 Å². The van der Waals surface area contributed by atoms with Gasteiger partial charge in [0, 0.05) is 24.8 Å². The summed E-state index contributed by atoms with van der Waals surface area (Å²) >= 11 is 11.8. The number of nitrogens with zero attached hydrogens (tertiary/aromatic N) is 2. The van der Waals surface area contributed by atoms with E-state index in [4.69, 9.17) is 28.2 Å². The van der Waals surface area contributed by atoms with Crippen LogP contribution in [0, 0.1) is 16.0 Å². The minimum absolute atomic E-state index is 0.0231. The molecule has 0 radical (unpaired) electrons. The van der Waals surface area contributed by atoms with Crippen molar-refractivity contribution < 1.29 is 14.1 Å².